The number of hydrogen-bond acceptors (Lipinski definition) is 9. The minimum Gasteiger partial charge on any atom is -0.507 e. The lowest BCUT2D eigenvalue weighted by atomic mass is 9.75. The molecule has 2 saturated heterocycles. The van der Waals surface area contributed by atoms with E-state index in [2.05, 4.69) is 0 Å². The zero-order valence-electron chi connectivity index (χ0n) is 17.6. The first-order valence-electron chi connectivity index (χ1n) is 10.6. The Hall–Kier alpha value is -2.36. The van der Waals surface area contributed by atoms with Crippen molar-refractivity contribution in [1.82, 2.24) is 0 Å². The van der Waals surface area contributed by atoms with E-state index in [1.54, 1.807) is 6.07 Å². The minimum atomic E-state index is -1.17. The number of aliphatic hydroxyl groups excluding tert-OH is 2. The third-order valence-electron chi connectivity index (χ3n) is 6.91. The molecule has 0 amide bonds. The van der Waals surface area contributed by atoms with Crippen LogP contribution in [0.3, 0.4) is 0 Å². The summed E-state index contributed by atoms with van der Waals surface area (Å²) >= 11 is 0. The molecule has 7 unspecified atom stereocenters. The number of aliphatic hydroxyl groups is 2. The molecule has 9 heteroatoms. The lowest BCUT2D eigenvalue weighted by molar-refractivity contribution is -0.298. The van der Waals surface area contributed by atoms with Crippen molar-refractivity contribution < 1.29 is 43.9 Å². The molecule has 0 saturated carbocycles. The normalized spacial score (nSPS) is 39.6. The first-order valence-corrected chi connectivity index (χ1v) is 10.6. The van der Waals surface area contributed by atoms with Crippen molar-refractivity contribution in [3.63, 3.8) is 0 Å². The number of fused-ring (bicyclic) bond motifs is 2. The zero-order valence-corrected chi connectivity index (χ0v) is 17.6. The number of hydrogen-bond donors (Lipinski definition) is 3. The number of carbonyl (C=O) groups is 2. The van der Waals surface area contributed by atoms with Gasteiger partial charge in [-0.05, 0) is 26.3 Å². The van der Waals surface area contributed by atoms with Gasteiger partial charge < -0.3 is 34.3 Å². The first kappa shape index (κ1) is 20.5. The van der Waals surface area contributed by atoms with Gasteiger partial charge in [-0.25, -0.2) is 9.59 Å². The molecule has 7 atom stereocenters. The van der Waals surface area contributed by atoms with Gasteiger partial charge in [-0.3, -0.25) is 0 Å². The molecule has 2 fully saturated rings. The number of esters is 2. The van der Waals surface area contributed by atoms with E-state index in [4.69, 9.17) is 18.9 Å². The number of phenolic OH excluding ortho intramolecular Hbond substituents is 1. The summed E-state index contributed by atoms with van der Waals surface area (Å²) in [5.41, 5.74) is 0.000190. The van der Waals surface area contributed by atoms with E-state index in [1.807, 2.05) is 13.8 Å². The zero-order chi connectivity index (χ0) is 22.3. The Morgan fingerprint density at radius 2 is 1.94 bits per heavy atom. The number of ether oxygens (including phenoxy) is 4. The molecule has 0 aliphatic carbocycles. The van der Waals surface area contributed by atoms with Gasteiger partial charge in [0, 0.05) is 29.9 Å². The van der Waals surface area contributed by atoms with Crippen molar-refractivity contribution in [2.24, 2.45) is 5.92 Å². The highest BCUT2D eigenvalue weighted by molar-refractivity contribution is 5.98. The maximum absolute atomic E-state index is 12.3. The van der Waals surface area contributed by atoms with Crippen LogP contribution in [-0.4, -0.2) is 57.0 Å². The van der Waals surface area contributed by atoms with Crippen LogP contribution in [-0.2, 0) is 25.4 Å². The van der Waals surface area contributed by atoms with Crippen LogP contribution in [0.4, 0.5) is 0 Å². The summed E-state index contributed by atoms with van der Waals surface area (Å²) in [4.78, 5) is 24.3. The number of aromatic hydroxyl groups is 1. The van der Waals surface area contributed by atoms with E-state index in [-0.39, 0.29) is 36.2 Å². The van der Waals surface area contributed by atoms with E-state index in [9.17, 15) is 24.9 Å². The van der Waals surface area contributed by atoms with Gasteiger partial charge in [-0.2, -0.15) is 0 Å². The lowest BCUT2D eigenvalue weighted by Gasteiger charge is -2.51. The third kappa shape index (κ3) is 2.94. The maximum Gasteiger partial charge on any atom is 0.343 e. The van der Waals surface area contributed by atoms with Crippen molar-refractivity contribution in [1.29, 1.82) is 0 Å². The molecule has 5 rings (SSSR count). The first-order chi connectivity index (χ1) is 14.5. The Bertz CT molecular complexity index is 972. The standard InChI is InChI=1S/C22H26O9/c1-9-4-12-15(5-13-16(17(12)25)20(27)28-18(13)11(3)23)30-22(9)8-21(6-10(2)29-22)7-14(24)19(26)31-21/h5,9-11,14,18,23-25H,4,6-8H2,1-3H3. The van der Waals surface area contributed by atoms with Crippen molar-refractivity contribution in [3.05, 3.63) is 22.8 Å². The van der Waals surface area contributed by atoms with Gasteiger partial charge in [-0.1, -0.05) is 6.92 Å². The van der Waals surface area contributed by atoms with E-state index in [0.29, 0.717) is 29.7 Å². The highest BCUT2D eigenvalue weighted by atomic mass is 16.7. The van der Waals surface area contributed by atoms with Crippen LogP contribution in [0.2, 0.25) is 0 Å². The topological polar surface area (TPSA) is 132 Å². The molecule has 4 heterocycles. The molecule has 1 aromatic rings. The quantitative estimate of drug-likeness (QED) is 0.563. The molecule has 0 bridgehead atoms. The smallest absolute Gasteiger partial charge is 0.343 e. The Labute approximate surface area is 178 Å². The SMILES string of the molecule is CC1CC2(CC(O)C(=O)O2)CC2(Oc3cc4c(c(O)c3CC2C)C(=O)OC4C(C)O)O1. The van der Waals surface area contributed by atoms with Gasteiger partial charge in [-0.15, -0.1) is 0 Å². The summed E-state index contributed by atoms with van der Waals surface area (Å²) in [6.45, 7) is 5.28. The van der Waals surface area contributed by atoms with Gasteiger partial charge in [0.25, 0.3) is 0 Å². The van der Waals surface area contributed by atoms with Crippen LogP contribution in [0, 0.1) is 5.92 Å². The molecule has 3 N–H and O–H groups in total. The molecular weight excluding hydrogens is 408 g/mol. The molecule has 0 radical (unpaired) electrons. The second-order valence-electron chi connectivity index (χ2n) is 9.39. The second kappa shape index (κ2) is 6.57. The van der Waals surface area contributed by atoms with Crippen molar-refractivity contribution in [3.8, 4) is 11.5 Å². The molecule has 4 aliphatic rings. The Morgan fingerprint density at radius 3 is 2.58 bits per heavy atom. The molecule has 9 nitrogen and oxygen atoms in total. The van der Waals surface area contributed by atoms with Crippen LogP contribution in [0.15, 0.2) is 6.07 Å². The van der Waals surface area contributed by atoms with E-state index >= 15 is 0 Å². The Balaban J connectivity index is 1.56. The third-order valence-corrected chi connectivity index (χ3v) is 6.91. The van der Waals surface area contributed by atoms with Crippen LogP contribution < -0.4 is 4.74 Å². The predicted molar refractivity (Wildman–Crippen MR) is 103 cm³/mol. The monoisotopic (exact) mass is 434 g/mol. The number of phenols is 1. The van der Waals surface area contributed by atoms with E-state index in [0.717, 1.165) is 0 Å². The lowest BCUT2D eigenvalue weighted by Crippen LogP contribution is -2.59. The van der Waals surface area contributed by atoms with E-state index in [1.165, 1.54) is 6.92 Å². The molecule has 168 valence electrons. The number of rotatable bonds is 1. The summed E-state index contributed by atoms with van der Waals surface area (Å²) in [6, 6.07) is 1.62. The van der Waals surface area contributed by atoms with Gasteiger partial charge in [0.1, 0.15) is 22.7 Å². The fourth-order valence-electron chi connectivity index (χ4n) is 5.59. The molecule has 31 heavy (non-hydrogen) atoms. The summed E-state index contributed by atoms with van der Waals surface area (Å²) in [5.74, 6) is -2.57. The Kier molecular flexibility index (Phi) is 4.35. The number of carbonyl (C=O) groups excluding carboxylic acids is 2. The van der Waals surface area contributed by atoms with E-state index < -0.39 is 41.6 Å². The average Bonchev–Trinajstić information content (AvgIpc) is 3.12. The summed E-state index contributed by atoms with van der Waals surface area (Å²) < 4.78 is 23.5. The van der Waals surface area contributed by atoms with Crippen LogP contribution in [0.25, 0.3) is 0 Å². The maximum atomic E-state index is 12.3. The fourth-order valence-corrected chi connectivity index (χ4v) is 5.59. The number of benzene rings is 1. The summed E-state index contributed by atoms with van der Waals surface area (Å²) in [5, 5.41) is 30.9. The molecular formula is C22H26O9. The predicted octanol–water partition coefficient (Wildman–Crippen LogP) is 1.50. The molecule has 1 aromatic carbocycles. The van der Waals surface area contributed by atoms with Crippen molar-refractivity contribution in [2.75, 3.05) is 0 Å². The fraction of sp³-hybridized carbons (Fsp3) is 0.636. The van der Waals surface area contributed by atoms with Crippen LogP contribution >= 0.6 is 0 Å². The molecule has 0 aromatic heterocycles. The summed E-state index contributed by atoms with van der Waals surface area (Å²) in [6.07, 6.45) is -2.12. The van der Waals surface area contributed by atoms with Crippen molar-refractivity contribution >= 4 is 11.9 Å². The largest absolute Gasteiger partial charge is 0.507 e. The second-order valence-corrected chi connectivity index (χ2v) is 9.39. The van der Waals surface area contributed by atoms with Crippen LogP contribution in [0.5, 0.6) is 11.5 Å². The van der Waals surface area contributed by atoms with Gasteiger partial charge in [0.05, 0.1) is 18.6 Å². The minimum absolute atomic E-state index is 0.0543. The Morgan fingerprint density at radius 1 is 1.19 bits per heavy atom. The highest BCUT2D eigenvalue weighted by Gasteiger charge is 2.60. The van der Waals surface area contributed by atoms with Gasteiger partial charge >= 0.3 is 11.9 Å². The van der Waals surface area contributed by atoms with Gasteiger partial charge in [0.2, 0.25) is 5.79 Å². The molecule has 2 spiro atoms. The van der Waals surface area contributed by atoms with Gasteiger partial charge in [0.15, 0.2) is 12.2 Å². The highest BCUT2D eigenvalue weighted by Crippen LogP contribution is 2.54. The average molecular weight is 434 g/mol. The molecule has 4 aliphatic heterocycles. The van der Waals surface area contributed by atoms with Crippen LogP contribution in [0.1, 0.15) is 67.6 Å². The summed E-state index contributed by atoms with van der Waals surface area (Å²) in [7, 11) is 0. The van der Waals surface area contributed by atoms with Crippen molar-refractivity contribution in [2.45, 2.75) is 82.3 Å². The number of cyclic esters (lactones) is 1.